The van der Waals surface area contributed by atoms with Crippen molar-refractivity contribution < 1.29 is 4.79 Å². The summed E-state index contributed by atoms with van der Waals surface area (Å²) in [5, 5.41) is 3.14. The van der Waals surface area contributed by atoms with Gasteiger partial charge in [0.15, 0.2) is 0 Å². The van der Waals surface area contributed by atoms with Gasteiger partial charge in [-0.25, -0.2) is 0 Å². The number of aromatic nitrogens is 1. The van der Waals surface area contributed by atoms with Crippen molar-refractivity contribution in [3.63, 3.8) is 0 Å². The number of nitrogens with one attached hydrogen (secondary N) is 1. The van der Waals surface area contributed by atoms with Crippen molar-refractivity contribution in [3.8, 4) is 0 Å². The van der Waals surface area contributed by atoms with Crippen molar-refractivity contribution in [2.75, 3.05) is 26.2 Å². The number of amides is 1. The Labute approximate surface area is 133 Å². The monoisotopic (exact) mass is 301 g/mol. The lowest BCUT2D eigenvalue weighted by molar-refractivity contribution is -0.122. The van der Waals surface area contributed by atoms with Gasteiger partial charge in [0.05, 0.1) is 0 Å². The topological polar surface area (TPSA) is 45.2 Å². The van der Waals surface area contributed by atoms with Crippen LogP contribution in [0.1, 0.15) is 44.1 Å². The zero-order chi connectivity index (χ0) is 15.4. The van der Waals surface area contributed by atoms with E-state index in [9.17, 15) is 4.79 Å². The second-order valence-electron chi connectivity index (χ2n) is 6.69. The van der Waals surface area contributed by atoms with E-state index < -0.39 is 0 Å². The summed E-state index contributed by atoms with van der Waals surface area (Å²) >= 11 is 0. The number of carbonyl (C=O) groups is 1. The zero-order valence-corrected chi connectivity index (χ0v) is 13.5. The summed E-state index contributed by atoms with van der Waals surface area (Å²) < 4.78 is 0. The van der Waals surface area contributed by atoms with Crippen LogP contribution in [-0.2, 0) is 4.79 Å². The predicted molar refractivity (Wildman–Crippen MR) is 87.5 cm³/mol. The van der Waals surface area contributed by atoms with Crippen LogP contribution in [0.2, 0.25) is 0 Å². The summed E-state index contributed by atoms with van der Waals surface area (Å²) in [6.07, 6.45) is 8.35. The Morgan fingerprint density at radius 1 is 1.41 bits per heavy atom. The van der Waals surface area contributed by atoms with Gasteiger partial charge in [-0.3, -0.25) is 9.78 Å². The van der Waals surface area contributed by atoms with E-state index in [2.05, 4.69) is 28.2 Å². The number of rotatable bonds is 6. The van der Waals surface area contributed by atoms with Gasteiger partial charge in [0.1, 0.15) is 0 Å². The van der Waals surface area contributed by atoms with E-state index in [1.165, 1.54) is 38.0 Å². The van der Waals surface area contributed by atoms with Crippen LogP contribution in [0.3, 0.4) is 0 Å². The van der Waals surface area contributed by atoms with Crippen LogP contribution in [0.15, 0.2) is 24.5 Å². The molecule has 0 spiro atoms. The SMILES string of the molecule is CCN1CCC(CCNC(=O)[C@@H]2C[C@@H]2c2cccnc2)CC1. The van der Waals surface area contributed by atoms with Gasteiger partial charge in [0, 0.05) is 24.9 Å². The van der Waals surface area contributed by atoms with Crippen molar-refractivity contribution in [2.24, 2.45) is 11.8 Å². The Kier molecular flexibility index (Phi) is 5.08. The van der Waals surface area contributed by atoms with Crippen LogP contribution in [0.4, 0.5) is 0 Å². The normalized spacial score (nSPS) is 25.9. The van der Waals surface area contributed by atoms with Crippen molar-refractivity contribution >= 4 is 5.91 Å². The van der Waals surface area contributed by atoms with Gasteiger partial charge in [-0.05, 0) is 68.8 Å². The minimum atomic E-state index is 0.172. The molecule has 0 bridgehead atoms. The van der Waals surface area contributed by atoms with Crippen LogP contribution >= 0.6 is 0 Å². The molecule has 120 valence electrons. The molecule has 0 aromatic carbocycles. The Morgan fingerprint density at radius 2 is 2.23 bits per heavy atom. The first kappa shape index (κ1) is 15.5. The maximum atomic E-state index is 12.2. The Hall–Kier alpha value is -1.42. The molecule has 4 nitrogen and oxygen atoms in total. The van der Waals surface area contributed by atoms with Gasteiger partial charge in [-0.1, -0.05) is 13.0 Å². The largest absolute Gasteiger partial charge is 0.356 e. The highest BCUT2D eigenvalue weighted by molar-refractivity contribution is 5.82. The fraction of sp³-hybridized carbons (Fsp3) is 0.667. The number of nitrogens with zero attached hydrogens (tertiary/aromatic N) is 2. The fourth-order valence-electron chi connectivity index (χ4n) is 3.57. The van der Waals surface area contributed by atoms with Crippen LogP contribution in [-0.4, -0.2) is 42.0 Å². The van der Waals surface area contributed by atoms with Gasteiger partial charge in [-0.2, -0.15) is 0 Å². The van der Waals surface area contributed by atoms with E-state index >= 15 is 0 Å². The summed E-state index contributed by atoms with van der Waals surface area (Å²) in [5.74, 6) is 1.59. The molecular formula is C18H27N3O. The van der Waals surface area contributed by atoms with E-state index in [1.807, 2.05) is 12.3 Å². The standard InChI is InChI=1S/C18H27N3O/c1-2-21-10-6-14(7-11-21)5-9-20-18(22)17-12-16(17)15-4-3-8-19-13-15/h3-4,8,13-14,16-17H,2,5-7,9-12H2,1H3,(H,20,22)/t16-,17-/m1/s1. The molecule has 1 amide bonds. The average molecular weight is 301 g/mol. The van der Waals surface area contributed by atoms with Crippen molar-refractivity contribution in [3.05, 3.63) is 30.1 Å². The summed E-state index contributed by atoms with van der Waals surface area (Å²) in [5.41, 5.74) is 1.20. The Morgan fingerprint density at radius 3 is 2.91 bits per heavy atom. The highest BCUT2D eigenvalue weighted by atomic mass is 16.2. The highest BCUT2D eigenvalue weighted by Crippen LogP contribution is 2.47. The Bertz CT molecular complexity index is 482. The first-order chi connectivity index (χ1) is 10.8. The number of hydrogen-bond acceptors (Lipinski definition) is 3. The number of carbonyl (C=O) groups excluding carboxylic acids is 1. The van der Waals surface area contributed by atoms with E-state index in [4.69, 9.17) is 0 Å². The molecule has 22 heavy (non-hydrogen) atoms. The average Bonchev–Trinajstić information content (AvgIpc) is 3.37. The molecule has 2 aliphatic rings. The van der Waals surface area contributed by atoms with Crippen LogP contribution in [0.25, 0.3) is 0 Å². The summed E-state index contributed by atoms with van der Waals surface area (Å²) in [7, 11) is 0. The summed E-state index contributed by atoms with van der Waals surface area (Å²) in [6, 6.07) is 4.03. The highest BCUT2D eigenvalue weighted by Gasteiger charge is 2.43. The predicted octanol–water partition coefficient (Wildman–Crippen LogP) is 2.42. The molecule has 2 heterocycles. The lowest BCUT2D eigenvalue weighted by Gasteiger charge is -2.31. The third-order valence-corrected chi connectivity index (χ3v) is 5.25. The van der Waals surface area contributed by atoms with Gasteiger partial charge in [-0.15, -0.1) is 0 Å². The maximum absolute atomic E-state index is 12.2. The second kappa shape index (κ2) is 7.23. The molecule has 1 aromatic heterocycles. The molecule has 3 rings (SSSR count). The maximum Gasteiger partial charge on any atom is 0.223 e. The first-order valence-corrected chi connectivity index (χ1v) is 8.68. The minimum Gasteiger partial charge on any atom is -0.356 e. The smallest absolute Gasteiger partial charge is 0.223 e. The fourth-order valence-corrected chi connectivity index (χ4v) is 3.57. The van der Waals surface area contributed by atoms with E-state index in [0.717, 1.165) is 25.3 Å². The van der Waals surface area contributed by atoms with Gasteiger partial charge in [0.2, 0.25) is 5.91 Å². The molecule has 1 N–H and O–H groups in total. The lowest BCUT2D eigenvalue weighted by Crippen LogP contribution is -2.35. The van der Waals surface area contributed by atoms with Gasteiger partial charge >= 0.3 is 0 Å². The molecule has 0 unspecified atom stereocenters. The molecular weight excluding hydrogens is 274 g/mol. The third kappa shape index (κ3) is 3.86. The molecule has 0 radical (unpaired) electrons. The Balaban J connectivity index is 1.34. The molecule has 1 aliphatic carbocycles. The molecule has 2 fully saturated rings. The molecule has 2 atom stereocenters. The van der Waals surface area contributed by atoms with Crippen LogP contribution in [0, 0.1) is 11.8 Å². The minimum absolute atomic E-state index is 0.172. The first-order valence-electron chi connectivity index (χ1n) is 8.68. The quantitative estimate of drug-likeness (QED) is 0.877. The van der Waals surface area contributed by atoms with Crippen molar-refractivity contribution in [1.29, 1.82) is 0 Å². The zero-order valence-electron chi connectivity index (χ0n) is 13.5. The van der Waals surface area contributed by atoms with Gasteiger partial charge < -0.3 is 10.2 Å². The molecule has 4 heteroatoms. The summed E-state index contributed by atoms with van der Waals surface area (Å²) in [4.78, 5) is 18.8. The number of piperidine rings is 1. The number of pyridine rings is 1. The number of hydrogen-bond donors (Lipinski definition) is 1. The molecule has 1 aliphatic heterocycles. The third-order valence-electron chi connectivity index (χ3n) is 5.25. The van der Waals surface area contributed by atoms with E-state index in [-0.39, 0.29) is 11.8 Å². The molecule has 1 saturated carbocycles. The van der Waals surface area contributed by atoms with E-state index in [0.29, 0.717) is 5.92 Å². The van der Waals surface area contributed by atoms with E-state index in [1.54, 1.807) is 6.20 Å². The molecule has 1 saturated heterocycles. The van der Waals surface area contributed by atoms with Crippen LogP contribution in [0.5, 0.6) is 0 Å². The number of likely N-dealkylation sites (tertiary alicyclic amines) is 1. The molecule has 1 aromatic rings. The summed E-state index contributed by atoms with van der Waals surface area (Å²) in [6.45, 7) is 6.68. The van der Waals surface area contributed by atoms with Crippen molar-refractivity contribution in [2.45, 2.75) is 38.5 Å². The van der Waals surface area contributed by atoms with Gasteiger partial charge in [0.25, 0.3) is 0 Å². The second-order valence-corrected chi connectivity index (χ2v) is 6.69. The van der Waals surface area contributed by atoms with Crippen molar-refractivity contribution in [1.82, 2.24) is 15.2 Å². The lowest BCUT2D eigenvalue weighted by atomic mass is 9.93. The van der Waals surface area contributed by atoms with Crippen LogP contribution < -0.4 is 5.32 Å².